The number of sulfonamides is 1. The maximum Gasteiger partial charge on any atom is 0.238 e. The Balaban J connectivity index is 1.60. The van der Waals surface area contributed by atoms with Crippen molar-refractivity contribution in [1.82, 2.24) is 9.66 Å². The minimum absolute atomic E-state index is 0.0199. The molecular formula is C17H17N5O3S2. The van der Waals surface area contributed by atoms with Crippen LogP contribution in [0.25, 0.3) is 11.3 Å². The molecule has 3 rings (SSSR count). The molecule has 0 atom stereocenters. The van der Waals surface area contributed by atoms with Crippen LogP contribution < -0.4 is 16.3 Å². The Hall–Kier alpha value is -2.82. The minimum atomic E-state index is -3.76. The van der Waals surface area contributed by atoms with E-state index in [1.165, 1.54) is 40.7 Å². The quantitative estimate of drug-likeness (QED) is 0.423. The molecule has 0 fully saturated rings. The molecule has 1 amide bonds. The molecule has 27 heavy (non-hydrogen) atoms. The van der Waals surface area contributed by atoms with Crippen molar-refractivity contribution < 1.29 is 13.2 Å². The van der Waals surface area contributed by atoms with Crippen molar-refractivity contribution in [2.24, 2.45) is 5.14 Å². The molecule has 10 heteroatoms. The van der Waals surface area contributed by atoms with E-state index in [4.69, 9.17) is 11.0 Å². The van der Waals surface area contributed by atoms with E-state index >= 15 is 0 Å². The fraction of sp³-hybridized carbons (Fsp3) is 0.0588. The smallest absolute Gasteiger partial charge is 0.238 e. The number of carbonyl (C=O) groups is 1. The van der Waals surface area contributed by atoms with E-state index in [-0.39, 0.29) is 16.6 Å². The maximum absolute atomic E-state index is 12.1. The van der Waals surface area contributed by atoms with Gasteiger partial charge in [-0.3, -0.25) is 4.79 Å². The van der Waals surface area contributed by atoms with E-state index in [0.717, 1.165) is 11.3 Å². The zero-order chi connectivity index (χ0) is 19.4. The van der Waals surface area contributed by atoms with Crippen molar-refractivity contribution in [3.8, 4) is 11.3 Å². The lowest BCUT2D eigenvalue weighted by Gasteiger charge is -2.06. The molecule has 0 spiro atoms. The van der Waals surface area contributed by atoms with Gasteiger partial charge < -0.3 is 11.2 Å². The number of carbonyl (C=O) groups excluding carboxylic acids is 1. The van der Waals surface area contributed by atoms with Crippen LogP contribution >= 0.6 is 11.8 Å². The van der Waals surface area contributed by atoms with Gasteiger partial charge in [0.05, 0.1) is 22.5 Å². The van der Waals surface area contributed by atoms with Gasteiger partial charge in [0.25, 0.3) is 0 Å². The number of imidazole rings is 1. The molecule has 0 aliphatic rings. The lowest BCUT2D eigenvalue weighted by atomic mass is 10.2. The Morgan fingerprint density at radius 3 is 2.41 bits per heavy atom. The van der Waals surface area contributed by atoms with Gasteiger partial charge in [-0.1, -0.05) is 42.1 Å². The van der Waals surface area contributed by atoms with Gasteiger partial charge in [0.15, 0.2) is 5.16 Å². The summed E-state index contributed by atoms with van der Waals surface area (Å²) in [6.45, 7) is 0. The third kappa shape index (κ3) is 4.88. The van der Waals surface area contributed by atoms with Crippen LogP contribution in [0, 0.1) is 0 Å². The second-order valence-corrected chi connectivity index (χ2v) is 8.09. The lowest BCUT2D eigenvalue weighted by molar-refractivity contribution is -0.113. The van der Waals surface area contributed by atoms with Gasteiger partial charge >= 0.3 is 0 Å². The van der Waals surface area contributed by atoms with Gasteiger partial charge in [0.1, 0.15) is 0 Å². The van der Waals surface area contributed by atoms with Crippen molar-refractivity contribution in [1.29, 1.82) is 0 Å². The van der Waals surface area contributed by atoms with Crippen LogP contribution in [0.5, 0.6) is 0 Å². The average molecular weight is 403 g/mol. The summed E-state index contributed by atoms with van der Waals surface area (Å²) in [7, 11) is -3.76. The Bertz CT molecular complexity index is 1050. The van der Waals surface area contributed by atoms with Crippen LogP contribution in [-0.2, 0) is 14.8 Å². The molecular weight excluding hydrogens is 386 g/mol. The zero-order valence-corrected chi connectivity index (χ0v) is 15.7. The van der Waals surface area contributed by atoms with Crippen molar-refractivity contribution in [2.75, 3.05) is 16.9 Å². The van der Waals surface area contributed by atoms with Crippen LogP contribution in [0.4, 0.5) is 5.69 Å². The van der Waals surface area contributed by atoms with E-state index in [1.807, 2.05) is 30.3 Å². The first-order valence-electron chi connectivity index (χ1n) is 7.78. The number of nitrogens with one attached hydrogen (secondary N) is 1. The minimum Gasteiger partial charge on any atom is -0.337 e. The highest BCUT2D eigenvalue weighted by molar-refractivity contribution is 7.99. The monoisotopic (exact) mass is 403 g/mol. The fourth-order valence-electron chi connectivity index (χ4n) is 2.29. The second kappa shape index (κ2) is 7.82. The Morgan fingerprint density at radius 2 is 1.78 bits per heavy atom. The fourth-order valence-corrected chi connectivity index (χ4v) is 3.50. The number of benzene rings is 2. The summed E-state index contributed by atoms with van der Waals surface area (Å²) >= 11 is 1.20. The molecule has 2 aromatic carbocycles. The molecule has 5 N–H and O–H groups in total. The number of nitrogens with zero attached hydrogens (tertiary/aromatic N) is 2. The first kappa shape index (κ1) is 19.0. The summed E-state index contributed by atoms with van der Waals surface area (Å²) in [6, 6.07) is 15.2. The summed E-state index contributed by atoms with van der Waals surface area (Å²) in [5.74, 6) is 5.73. The highest BCUT2D eigenvalue weighted by atomic mass is 32.2. The third-order valence-corrected chi connectivity index (χ3v) is 5.46. The van der Waals surface area contributed by atoms with Gasteiger partial charge in [-0.05, 0) is 24.3 Å². The molecule has 140 valence electrons. The SMILES string of the molecule is Nn1cc(-c2ccccc2)nc1SCC(=O)Nc1ccc(S(N)(=O)=O)cc1. The lowest BCUT2D eigenvalue weighted by Crippen LogP contribution is -2.16. The number of primary sulfonamides is 1. The largest absolute Gasteiger partial charge is 0.337 e. The first-order valence-corrected chi connectivity index (χ1v) is 10.3. The van der Waals surface area contributed by atoms with E-state index in [9.17, 15) is 13.2 Å². The molecule has 1 heterocycles. The van der Waals surface area contributed by atoms with Crippen molar-refractivity contribution >= 4 is 33.4 Å². The molecule has 0 radical (unpaired) electrons. The summed E-state index contributed by atoms with van der Waals surface area (Å²) < 4.78 is 23.8. The van der Waals surface area contributed by atoms with Crippen LogP contribution in [0.1, 0.15) is 0 Å². The van der Waals surface area contributed by atoms with E-state index in [2.05, 4.69) is 10.3 Å². The summed E-state index contributed by atoms with van der Waals surface area (Å²) in [5.41, 5.74) is 2.12. The van der Waals surface area contributed by atoms with E-state index < -0.39 is 10.0 Å². The highest BCUT2D eigenvalue weighted by Crippen LogP contribution is 2.23. The molecule has 0 aliphatic heterocycles. The number of nitrogens with two attached hydrogens (primary N) is 2. The highest BCUT2D eigenvalue weighted by Gasteiger charge is 2.12. The molecule has 0 saturated carbocycles. The summed E-state index contributed by atoms with van der Waals surface area (Å²) in [6.07, 6.45) is 1.70. The molecule has 1 aromatic heterocycles. The second-order valence-electron chi connectivity index (χ2n) is 5.59. The number of aromatic nitrogens is 2. The molecule has 0 bridgehead atoms. The summed E-state index contributed by atoms with van der Waals surface area (Å²) in [4.78, 5) is 16.5. The van der Waals surface area contributed by atoms with Crippen LogP contribution in [0.2, 0.25) is 0 Å². The molecule has 0 unspecified atom stereocenters. The van der Waals surface area contributed by atoms with Crippen LogP contribution in [0.3, 0.4) is 0 Å². The Morgan fingerprint density at radius 1 is 1.11 bits per heavy atom. The molecule has 3 aromatic rings. The topological polar surface area (TPSA) is 133 Å². The number of nitrogen functional groups attached to an aromatic ring is 1. The van der Waals surface area contributed by atoms with Crippen LogP contribution in [-0.4, -0.2) is 29.7 Å². The predicted octanol–water partition coefficient (Wildman–Crippen LogP) is 1.64. The predicted molar refractivity (Wildman–Crippen MR) is 105 cm³/mol. The normalized spacial score (nSPS) is 11.3. The zero-order valence-electron chi connectivity index (χ0n) is 14.1. The van der Waals surface area contributed by atoms with Crippen LogP contribution in [0.15, 0.2) is 70.8 Å². The van der Waals surface area contributed by atoms with Crippen molar-refractivity contribution in [3.63, 3.8) is 0 Å². The van der Waals surface area contributed by atoms with E-state index in [0.29, 0.717) is 10.8 Å². The standard InChI is InChI=1S/C17H17N5O3S2/c18-22-10-15(12-4-2-1-3-5-12)21-17(22)26-11-16(23)20-13-6-8-14(9-7-13)27(19,24)25/h1-10H,11,18H2,(H,20,23)(H2,19,24,25). The molecule has 0 saturated heterocycles. The van der Waals surface area contributed by atoms with Gasteiger partial charge in [0, 0.05) is 11.3 Å². The number of hydrogen-bond donors (Lipinski definition) is 3. The number of hydrogen-bond acceptors (Lipinski definition) is 6. The van der Waals surface area contributed by atoms with Gasteiger partial charge in [0.2, 0.25) is 15.9 Å². The van der Waals surface area contributed by atoms with Gasteiger partial charge in [-0.2, -0.15) is 0 Å². The van der Waals surface area contributed by atoms with Crippen molar-refractivity contribution in [3.05, 3.63) is 60.8 Å². The third-order valence-electron chi connectivity index (χ3n) is 3.57. The van der Waals surface area contributed by atoms with E-state index in [1.54, 1.807) is 6.20 Å². The number of rotatable bonds is 6. The molecule has 0 aliphatic carbocycles. The number of anilines is 1. The van der Waals surface area contributed by atoms with Crippen molar-refractivity contribution in [2.45, 2.75) is 10.1 Å². The average Bonchev–Trinajstić information content (AvgIpc) is 3.01. The molecule has 8 nitrogen and oxygen atoms in total. The maximum atomic E-state index is 12.1. The Kier molecular flexibility index (Phi) is 5.49. The van der Waals surface area contributed by atoms with Gasteiger partial charge in [-0.25, -0.2) is 23.2 Å². The first-order chi connectivity index (χ1) is 12.8. The Labute approximate surface area is 160 Å². The van der Waals surface area contributed by atoms with Gasteiger partial charge in [-0.15, -0.1) is 0 Å². The number of amides is 1. The number of thioether (sulfide) groups is 1. The summed E-state index contributed by atoms with van der Waals surface area (Å²) in [5, 5.41) is 8.22.